The molecule has 6 heteroatoms. The van der Waals surface area contributed by atoms with E-state index in [2.05, 4.69) is 82.1 Å². The Labute approximate surface area is 184 Å². The molecule has 2 N–H and O–H groups in total. The average molecular weight is 423 g/mol. The quantitative estimate of drug-likeness (QED) is 0.586. The zero-order valence-corrected chi connectivity index (χ0v) is 18.6. The van der Waals surface area contributed by atoms with E-state index in [0.29, 0.717) is 25.6 Å². The molecule has 2 heterocycles. The maximum atomic E-state index is 12.1. The van der Waals surface area contributed by atoms with Gasteiger partial charge in [0, 0.05) is 61.1 Å². The number of carbonyl (C=O) groups excluding carboxylic acids is 1. The largest absolute Gasteiger partial charge is 0.390 e. The molecule has 0 unspecified atom stereocenters. The Hall–Kier alpha value is -2.41. The molecule has 1 aliphatic rings. The van der Waals surface area contributed by atoms with Gasteiger partial charge in [0.05, 0.1) is 19.2 Å². The van der Waals surface area contributed by atoms with Crippen molar-refractivity contribution in [1.29, 1.82) is 0 Å². The molecule has 2 aromatic carbocycles. The summed E-state index contributed by atoms with van der Waals surface area (Å²) in [5.74, 6) is 0.574. The third-order valence-corrected chi connectivity index (χ3v) is 6.08. The summed E-state index contributed by atoms with van der Waals surface area (Å²) in [6.07, 6.45) is -0.444. The van der Waals surface area contributed by atoms with Crippen LogP contribution in [0.15, 0.2) is 48.5 Å². The fraction of sp³-hybridized carbons (Fsp3) is 0.480. The van der Waals surface area contributed by atoms with Crippen molar-refractivity contribution in [2.75, 3.05) is 45.8 Å². The van der Waals surface area contributed by atoms with Crippen molar-refractivity contribution in [3.05, 3.63) is 48.5 Å². The maximum Gasteiger partial charge on any atom is 0.234 e. The second-order valence-electron chi connectivity index (χ2n) is 9.07. The molecule has 4 rings (SSSR count). The molecule has 6 nitrogen and oxygen atoms in total. The van der Waals surface area contributed by atoms with Crippen LogP contribution in [-0.4, -0.2) is 77.3 Å². The predicted molar refractivity (Wildman–Crippen MR) is 126 cm³/mol. The molecule has 0 bridgehead atoms. The highest BCUT2D eigenvalue weighted by Gasteiger charge is 2.22. The Morgan fingerprint density at radius 3 is 2.03 bits per heavy atom. The summed E-state index contributed by atoms with van der Waals surface area (Å²) < 4.78 is 2.24. The second-order valence-corrected chi connectivity index (χ2v) is 9.07. The van der Waals surface area contributed by atoms with Crippen molar-refractivity contribution in [1.82, 2.24) is 19.7 Å². The van der Waals surface area contributed by atoms with E-state index in [0.717, 1.165) is 32.7 Å². The van der Waals surface area contributed by atoms with Crippen LogP contribution in [0.25, 0.3) is 21.8 Å². The second kappa shape index (κ2) is 9.81. The maximum absolute atomic E-state index is 12.1. The monoisotopic (exact) mass is 422 g/mol. The van der Waals surface area contributed by atoms with E-state index in [1.807, 2.05) is 0 Å². The van der Waals surface area contributed by atoms with Crippen molar-refractivity contribution in [3.8, 4) is 0 Å². The van der Waals surface area contributed by atoms with Crippen LogP contribution in [0.2, 0.25) is 0 Å². The molecule has 0 spiro atoms. The van der Waals surface area contributed by atoms with Crippen molar-refractivity contribution in [3.63, 3.8) is 0 Å². The molecule has 1 atom stereocenters. The van der Waals surface area contributed by atoms with Crippen LogP contribution in [0.5, 0.6) is 0 Å². The van der Waals surface area contributed by atoms with E-state index in [4.69, 9.17) is 0 Å². The van der Waals surface area contributed by atoms with Gasteiger partial charge in [-0.25, -0.2) is 0 Å². The number of nitrogens with one attached hydrogen (secondary N) is 1. The number of amides is 1. The van der Waals surface area contributed by atoms with Crippen LogP contribution < -0.4 is 5.32 Å². The first-order valence-electron chi connectivity index (χ1n) is 11.4. The number of aromatic nitrogens is 1. The number of rotatable bonds is 8. The smallest absolute Gasteiger partial charge is 0.234 e. The number of benzene rings is 2. The van der Waals surface area contributed by atoms with Crippen LogP contribution in [0.3, 0.4) is 0 Å². The standard InChI is InChI=1S/C25H34N4O2/c1-19(2)15-26-25(31)18-28-13-11-27(12-14-28)16-20(30)17-29-23-9-5-3-7-21(23)22-8-4-6-10-24(22)29/h3-10,19-20,30H,11-18H2,1-2H3,(H,26,31)/t20-/m1/s1. The van der Waals surface area contributed by atoms with Gasteiger partial charge in [0.1, 0.15) is 0 Å². The van der Waals surface area contributed by atoms with Crippen molar-refractivity contribution in [2.24, 2.45) is 5.92 Å². The summed E-state index contributed by atoms with van der Waals surface area (Å²) in [7, 11) is 0. The summed E-state index contributed by atoms with van der Waals surface area (Å²) in [5, 5.41) is 16.3. The molecule has 0 aliphatic carbocycles. The van der Waals surface area contributed by atoms with E-state index >= 15 is 0 Å². The Balaban J connectivity index is 1.32. The third kappa shape index (κ3) is 5.26. The molecule has 166 valence electrons. The number of hydrogen-bond donors (Lipinski definition) is 2. The molecule has 1 saturated heterocycles. The van der Waals surface area contributed by atoms with Gasteiger partial charge in [-0.3, -0.25) is 14.6 Å². The van der Waals surface area contributed by atoms with Crippen LogP contribution in [0.4, 0.5) is 0 Å². The van der Waals surface area contributed by atoms with E-state index < -0.39 is 6.10 Å². The Bertz CT molecular complexity index is 967. The molecule has 1 fully saturated rings. The summed E-state index contributed by atoms with van der Waals surface area (Å²) >= 11 is 0. The van der Waals surface area contributed by atoms with Crippen molar-refractivity contribution in [2.45, 2.75) is 26.5 Å². The number of aliphatic hydroxyl groups excluding tert-OH is 1. The van der Waals surface area contributed by atoms with E-state index in [1.54, 1.807) is 0 Å². The van der Waals surface area contributed by atoms with Gasteiger partial charge in [0.15, 0.2) is 0 Å². The van der Waals surface area contributed by atoms with E-state index in [1.165, 1.54) is 21.8 Å². The molecular weight excluding hydrogens is 388 g/mol. The van der Waals surface area contributed by atoms with Crippen LogP contribution in [0.1, 0.15) is 13.8 Å². The molecule has 0 radical (unpaired) electrons. The number of fused-ring (bicyclic) bond motifs is 3. The number of hydrogen-bond acceptors (Lipinski definition) is 4. The number of carbonyl (C=O) groups is 1. The Kier molecular flexibility index (Phi) is 6.90. The van der Waals surface area contributed by atoms with E-state index in [-0.39, 0.29) is 5.91 Å². The number of aliphatic hydroxyl groups is 1. The molecule has 31 heavy (non-hydrogen) atoms. The summed E-state index contributed by atoms with van der Waals surface area (Å²) in [6, 6.07) is 16.8. The normalized spacial score (nSPS) is 16.9. The van der Waals surface area contributed by atoms with Crippen LogP contribution in [-0.2, 0) is 11.3 Å². The average Bonchev–Trinajstić information content (AvgIpc) is 3.08. The molecular formula is C25H34N4O2. The van der Waals surface area contributed by atoms with Crippen molar-refractivity contribution < 1.29 is 9.90 Å². The molecule has 1 aliphatic heterocycles. The van der Waals surface area contributed by atoms with Gasteiger partial charge in [-0.05, 0) is 18.1 Å². The SMILES string of the molecule is CC(C)CNC(=O)CN1CCN(C[C@@H](O)Cn2c3ccccc3c3ccccc32)CC1. The highest BCUT2D eigenvalue weighted by Crippen LogP contribution is 2.28. The Morgan fingerprint density at radius 2 is 1.45 bits per heavy atom. The van der Waals surface area contributed by atoms with Gasteiger partial charge < -0.3 is 15.0 Å². The highest BCUT2D eigenvalue weighted by molar-refractivity contribution is 6.07. The lowest BCUT2D eigenvalue weighted by atomic mass is 10.2. The summed E-state index contributed by atoms with van der Waals surface area (Å²) in [5.41, 5.74) is 2.33. The summed E-state index contributed by atoms with van der Waals surface area (Å²) in [4.78, 5) is 16.6. The van der Waals surface area contributed by atoms with Gasteiger partial charge in [0.2, 0.25) is 5.91 Å². The Morgan fingerprint density at radius 1 is 0.903 bits per heavy atom. The topological polar surface area (TPSA) is 60.7 Å². The van der Waals surface area contributed by atoms with Crippen LogP contribution in [0, 0.1) is 5.92 Å². The van der Waals surface area contributed by atoms with Gasteiger partial charge in [0.25, 0.3) is 0 Å². The van der Waals surface area contributed by atoms with Gasteiger partial charge in [-0.1, -0.05) is 50.2 Å². The molecule has 1 amide bonds. The fourth-order valence-corrected chi connectivity index (χ4v) is 4.47. The first-order valence-corrected chi connectivity index (χ1v) is 11.4. The molecule has 0 saturated carbocycles. The van der Waals surface area contributed by atoms with Crippen molar-refractivity contribution >= 4 is 27.7 Å². The number of β-amino-alcohol motifs (C(OH)–C–C–N with tert-alkyl or cyclic N) is 1. The minimum Gasteiger partial charge on any atom is -0.390 e. The zero-order chi connectivity index (χ0) is 21.8. The summed E-state index contributed by atoms with van der Waals surface area (Å²) in [6.45, 7) is 10.1. The van der Waals surface area contributed by atoms with Gasteiger partial charge >= 0.3 is 0 Å². The molecule has 1 aromatic heterocycles. The minimum absolute atomic E-state index is 0.105. The lowest BCUT2D eigenvalue weighted by Crippen LogP contribution is -2.51. The predicted octanol–water partition coefficient (Wildman–Crippen LogP) is 2.55. The minimum atomic E-state index is -0.444. The van der Waals surface area contributed by atoms with Gasteiger partial charge in [-0.2, -0.15) is 0 Å². The number of piperazine rings is 1. The lowest BCUT2D eigenvalue weighted by molar-refractivity contribution is -0.122. The number of para-hydroxylation sites is 2. The zero-order valence-electron chi connectivity index (χ0n) is 18.6. The molecule has 3 aromatic rings. The fourth-order valence-electron chi connectivity index (χ4n) is 4.47. The van der Waals surface area contributed by atoms with Gasteiger partial charge in [-0.15, -0.1) is 0 Å². The first-order chi connectivity index (χ1) is 15.0. The third-order valence-electron chi connectivity index (χ3n) is 6.08. The number of nitrogens with zero attached hydrogens (tertiary/aromatic N) is 3. The lowest BCUT2D eigenvalue weighted by Gasteiger charge is -2.35. The van der Waals surface area contributed by atoms with Crippen LogP contribution >= 0.6 is 0 Å². The van der Waals surface area contributed by atoms with E-state index in [9.17, 15) is 9.90 Å². The highest BCUT2D eigenvalue weighted by atomic mass is 16.3. The first kappa shape index (κ1) is 21.8.